The van der Waals surface area contributed by atoms with E-state index in [1.807, 2.05) is 63.2 Å². The van der Waals surface area contributed by atoms with Gasteiger partial charge in [-0.25, -0.2) is 0 Å². The third-order valence-electron chi connectivity index (χ3n) is 4.41. The number of aromatic nitrogens is 2. The first-order valence-electron chi connectivity index (χ1n) is 9.03. The molecule has 0 aliphatic heterocycles. The van der Waals surface area contributed by atoms with Crippen molar-refractivity contribution in [2.45, 2.75) is 33.3 Å². The molecule has 0 bridgehead atoms. The van der Waals surface area contributed by atoms with Crippen molar-refractivity contribution in [3.63, 3.8) is 0 Å². The van der Waals surface area contributed by atoms with E-state index in [2.05, 4.69) is 15.5 Å². The van der Waals surface area contributed by atoms with Gasteiger partial charge in [0.15, 0.2) is 6.10 Å². The molecule has 0 fully saturated rings. The molecule has 3 aromatic rings. The van der Waals surface area contributed by atoms with Crippen LogP contribution >= 0.6 is 11.3 Å². The minimum absolute atomic E-state index is 0.238. The van der Waals surface area contributed by atoms with Crippen molar-refractivity contribution >= 4 is 22.4 Å². The molecule has 1 N–H and O–H groups in total. The van der Waals surface area contributed by atoms with Gasteiger partial charge in [0.1, 0.15) is 16.5 Å². The van der Waals surface area contributed by atoms with Crippen LogP contribution in [0, 0.1) is 13.8 Å². The van der Waals surface area contributed by atoms with Gasteiger partial charge in [-0.2, -0.15) is 0 Å². The van der Waals surface area contributed by atoms with Crippen LogP contribution in [0.1, 0.15) is 24.5 Å². The average molecular weight is 398 g/mol. The summed E-state index contributed by atoms with van der Waals surface area (Å²) in [5, 5.41) is 12.2. The Kier molecular flexibility index (Phi) is 6.26. The Labute approximate surface area is 168 Å². The number of carbonyl (C=O) groups is 1. The fraction of sp³-hybridized carbons (Fsp3) is 0.286. The molecule has 1 aromatic heterocycles. The summed E-state index contributed by atoms with van der Waals surface area (Å²) in [5.74, 6) is 1.22. The maximum absolute atomic E-state index is 12.6. The maximum Gasteiger partial charge on any atom is 0.267 e. The Balaban J connectivity index is 1.67. The number of benzene rings is 2. The average Bonchev–Trinajstić information content (AvgIpc) is 3.17. The van der Waals surface area contributed by atoms with E-state index in [0.717, 1.165) is 21.9 Å². The summed E-state index contributed by atoms with van der Waals surface area (Å²) in [6, 6.07) is 13.3. The first-order chi connectivity index (χ1) is 13.5. The first kappa shape index (κ1) is 19.8. The second-order valence-electron chi connectivity index (χ2n) is 6.39. The molecule has 0 saturated heterocycles. The zero-order valence-corrected chi connectivity index (χ0v) is 17.2. The van der Waals surface area contributed by atoms with E-state index < -0.39 is 6.10 Å². The number of aryl methyl sites for hydroxylation is 2. The van der Waals surface area contributed by atoms with E-state index in [4.69, 9.17) is 9.47 Å². The van der Waals surface area contributed by atoms with Gasteiger partial charge in [-0.3, -0.25) is 10.1 Å². The Morgan fingerprint density at radius 3 is 2.43 bits per heavy atom. The van der Waals surface area contributed by atoms with Crippen molar-refractivity contribution < 1.29 is 14.3 Å². The molecule has 28 heavy (non-hydrogen) atoms. The van der Waals surface area contributed by atoms with Crippen molar-refractivity contribution in [1.82, 2.24) is 10.2 Å². The molecule has 6 nitrogen and oxygen atoms in total. The Hall–Kier alpha value is -2.93. The number of nitrogens with zero attached hydrogens (tertiary/aromatic N) is 2. The Morgan fingerprint density at radius 2 is 1.79 bits per heavy atom. The molecule has 3 rings (SSSR count). The van der Waals surface area contributed by atoms with E-state index in [1.165, 1.54) is 16.9 Å². The fourth-order valence-electron chi connectivity index (χ4n) is 2.58. The topological polar surface area (TPSA) is 73.3 Å². The third-order valence-corrected chi connectivity index (χ3v) is 5.30. The van der Waals surface area contributed by atoms with Gasteiger partial charge in [0, 0.05) is 5.56 Å². The lowest BCUT2D eigenvalue weighted by Gasteiger charge is -2.17. The number of ether oxygens (including phenoxy) is 2. The standard InChI is InChI=1S/C21H23N3O3S/c1-5-18(27-17-9-6-13(2)14(3)12-17)19(25)22-21-24-23-20(28-21)15-7-10-16(26-4)11-8-15/h6-12,18H,5H2,1-4H3,(H,22,24,25)/t18-/m1/s1. The molecule has 1 heterocycles. The van der Waals surface area contributed by atoms with Gasteiger partial charge in [0.25, 0.3) is 5.91 Å². The fourth-order valence-corrected chi connectivity index (χ4v) is 3.34. The molecule has 0 aliphatic rings. The summed E-state index contributed by atoms with van der Waals surface area (Å²) in [6.07, 6.45) is -0.0569. The van der Waals surface area contributed by atoms with Gasteiger partial charge in [-0.1, -0.05) is 24.3 Å². The molecular weight excluding hydrogens is 374 g/mol. The van der Waals surface area contributed by atoms with Crippen molar-refractivity contribution in [1.29, 1.82) is 0 Å². The molecule has 0 saturated carbocycles. The largest absolute Gasteiger partial charge is 0.497 e. The molecule has 2 aromatic carbocycles. The van der Waals surface area contributed by atoms with Gasteiger partial charge in [-0.05, 0) is 67.8 Å². The molecule has 0 aliphatic carbocycles. The van der Waals surface area contributed by atoms with E-state index in [0.29, 0.717) is 17.3 Å². The van der Waals surface area contributed by atoms with Gasteiger partial charge in [0.2, 0.25) is 5.13 Å². The number of nitrogens with one attached hydrogen (secondary N) is 1. The highest BCUT2D eigenvalue weighted by Gasteiger charge is 2.20. The number of methoxy groups -OCH3 is 1. The minimum Gasteiger partial charge on any atom is -0.497 e. The van der Waals surface area contributed by atoms with Gasteiger partial charge in [-0.15, -0.1) is 10.2 Å². The van der Waals surface area contributed by atoms with Gasteiger partial charge >= 0.3 is 0 Å². The number of hydrogen-bond acceptors (Lipinski definition) is 6. The van der Waals surface area contributed by atoms with Crippen molar-refractivity contribution in [2.24, 2.45) is 0 Å². The minimum atomic E-state index is -0.601. The molecule has 0 unspecified atom stereocenters. The monoisotopic (exact) mass is 397 g/mol. The predicted molar refractivity (Wildman–Crippen MR) is 111 cm³/mol. The van der Waals surface area contributed by atoms with Crippen LogP contribution < -0.4 is 14.8 Å². The van der Waals surface area contributed by atoms with Crippen molar-refractivity contribution in [3.05, 3.63) is 53.6 Å². The predicted octanol–water partition coefficient (Wildman–Crippen LogP) is 4.63. The van der Waals surface area contributed by atoms with Crippen LogP contribution in [0.4, 0.5) is 5.13 Å². The molecule has 7 heteroatoms. The Morgan fingerprint density at radius 1 is 1.07 bits per heavy atom. The molecular formula is C21H23N3O3S. The second kappa shape index (κ2) is 8.84. The van der Waals surface area contributed by atoms with Gasteiger partial charge in [0.05, 0.1) is 7.11 Å². The first-order valence-corrected chi connectivity index (χ1v) is 9.84. The zero-order valence-electron chi connectivity index (χ0n) is 16.4. The highest BCUT2D eigenvalue weighted by atomic mass is 32.1. The van der Waals surface area contributed by atoms with E-state index in [-0.39, 0.29) is 5.91 Å². The molecule has 0 radical (unpaired) electrons. The number of rotatable bonds is 7. The highest BCUT2D eigenvalue weighted by molar-refractivity contribution is 7.18. The lowest BCUT2D eigenvalue weighted by Crippen LogP contribution is -2.32. The number of hydrogen-bond donors (Lipinski definition) is 1. The van der Waals surface area contributed by atoms with Crippen LogP contribution in [-0.2, 0) is 4.79 Å². The lowest BCUT2D eigenvalue weighted by atomic mass is 10.1. The van der Waals surface area contributed by atoms with Crippen LogP contribution in [0.2, 0.25) is 0 Å². The molecule has 1 amide bonds. The summed E-state index contributed by atoms with van der Waals surface area (Å²) < 4.78 is 11.0. The lowest BCUT2D eigenvalue weighted by molar-refractivity contribution is -0.122. The molecule has 1 atom stereocenters. The summed E-state index contributed by atoms with van der Waals surface area (Å²) in [5.41, 5.74) is 3.23. The van der Waals surface area contributed by atoms with Crippen LogP contribution in [0.15, 0.2) is 42.5 Å². The summed E-state index contributed by atoms with van der Waals surface area (Å²) >= 11 is 1.32. The van der Waals surface area contributed by atoms with E-state index >= 15 is 0 Å². The van der Waals surface area contributed by atoms with Crippen LogP contribution in [0.3, 0.4) is 0 Å². The SMILES string of the molecule is CC[C@@H](Oc1ccc(C)c(C)c1)C(=O)Nc1nnc(-c2ccc(OC)cc2)s1. The van der Waals surface area contributed by atoms with Crippen LogP contribution in [-0.4, -0.2) is 29.3 Å². The number of anilines is 1. The quantitative estimate of drug-likeness (QED) is 0.629. The molecule has 146 valence electrons. The van der Waals surface area contributed by atoms with Crippen molar-refractivity contribution in [3.8, 4) is 22.1 Å². The number of amides is 1. The normalized spacial score (nSPS) is 11.7. The van der Waals surface area contributed by atoms with Crippen molar-refractivity contribution in [2.75, 3.05) is 12.4 Å². The smallest absolute Gasteiger partial charge is 0.267 e. The van der Waals surface area contributed by atoms with Crippen LogP contribution in [0.5, 0.6) is 11.5 Å². The highest BCUT2D eigenvalue weighted by Crippen LogP contribution is 2.28. The Bertz CT molecular complexity index is 954. The van der Waals surface area contributed by atoms with Crippen LogP contribution in [0.25, 0.3) is 10.6 Å². The van der Waals surface area contributed by atoms with E-state index in [1.54, 1.807) is 7.11 Å². The molecule has 0 spiro atoms. The maximum atomic E-state index is 12.6. The number of carbonyl (C=O) groups excluding carboxylic acids is 1. The van der Waals surface area contributed by atoms with Gasteiger partial charge < -0.3 is 9.47 Å². The van der Waals surface area contributed by atoms with E-state index in [9.17, 15) is 4.79 Å². The zero-order chi connectivity index (χ0) is 20.1. The summed E-state index contributed by atoms with van der Waals surface area (Å²) in [4.78, 5) is 12.6. The summed E-state index contributed by atoms with van der Waals surface area (Å²) in [7, 11) is 1.62. The second-order valence-corrected chi connectivity index (χ2v) is 7.37. The third kappa shape index (κ3) is 4.67. The summed E-state index contributed by atoms with van der Waals surface area (Å²) in [6.45, 7) is 5.97.